The molecule has 0 amide bonds. The van der Waals surface area contributed by atoms with E-state index in [9.17, 15) is 8.42 Å². The fraction of sp³-hybridized carbons (Fsp3) is 0.222. The molecule has 2 aromatic carbocycles. The molecule has 122 valence electrons. The molecule has 0 aromatic heterocycles. The maximum Gasteiger partial charge on any atom is 0.235 e. The van der Waals surface area contributed by atoms with E-state index in [-0.39, 0.29) is 0 Å². The minimum Gasteiger partial charge on any atom is -0.496 e. The SMILES string of the molecule is COc1ccccc1CCN(C)S(=O)(=O)/C=C/c1ccccc1. The monoisotopic (exact) mass is 331 g/mol. The lowest BCUT2D eigenvalue weighted by Crippen LogP contribution is -2.27. The first-order chi connectivity index (χ1) is 11.0. The average molecular weight is 331 g/mol. The van der Waals surface area contributed by atoms with Crippen LogP contribution in [0.4, 0.5) is 0 Å². The zero-order valence-electron chi connectivity index (χ0n) is 13.3. The Balaban J connectivity index is 2.01. The van der Waals surface area contributed by atoms with E-state index >= 15 is 0 Å². The highest BCUT2D eigenvalue weighted by molar-refractivity contribution is 7.92. The van der Waals surface area contributed by atoms with Crippen LogP contribution in [0.15, 0.2) is 60.0 Å². The Labute approximate surface area is 138 Å². The van der Waals surface area contributed by atoms with Gasteiger partial charge in [0.05, 0.1) is 7.11 Å². The predicted octanol–water partition coefficient (Wildman–Crippen LogP) is 3.17. The first-order valence-electron chi connectivity index (χ1n) is 7.34. The smallest absolute Gasteiger partial charge is 0.235 e. The molecule has 2 aromatic rings. The van der Waals surface area contributed by atoms with Crippen LogP contribution >= 0.6 is 0 Å². The second kappa shape index (κ2) is 7.94. The van der Waals surface area contributed by atoms with Crippen molar-refractivity contribution < 1.29 is 13.2 Å². The Morgan fingerprint density at radius 2 is 1.70 bits per heavy atom. The summed E-state index contributed by atoms with van der Waals surface area (Å²) < 4.78 is 31.2. The van der Waals surface area contributed by atoms with Crippen LogP contribution in [0.25, 0.3) is 6.08 Å². The standard InChI is InChI=1S/C18H21NO3S/c1-19(14-12-17-10-6-7-11-18(17)22-2)23(20,21)15-13-16-8-4-3-5-9-16/h3-11,13,15H,12,14H2,1-2H3/b15-13+. The largest absolute Gasteiger partial charge is 0.496 e. The van der Waals surface area contributed by atoms with Crippen molar-refractivity contribution in [3.63, 3.8) is 0 Å². The second-order valence-corrected chi connectivity index (χ2v) is 7.07. The number of hydrogen-bond donors (Lipinski definition) is 0. The molecular formula is C18H21NO3S. The van der Waals surface area contributed by atoms with E-state index in [2.05, 4.69) is 0 Å². The van der Waals surface area contributed by atoms with Crippen LogP contribution in [0.1, 0.15) is 11.1 Å². The molecule has 0 spiro atoms. The highest BCUT2D eigenvalue weighted by Crippen LogP contribution is 2.18. The summed E-state index contributed by atoms with van der Waals surface area (Å²) in [5.41, 5.74) is 1.85. The molecule has 4 nitrogen and oxygen atoms in total. The van der Waals surface area contributed by atoms with Gasteiger partial charge in [0.15, 0.2) is 0 Å². The van der Waals surface area contributed by atoms with Crippen LogP contribution in [-0.2, 0) is 16.4 Å². The van der Waals surface area contributed by atoms with E-state index < -0.39 is 10.0 Å². The van der Waals surface area contributed by atoms with Gasteiger partial charge >= 0.3 is 0 Å². The van der Waals surface area contributed by atoms with Gasteiger partial charge in [-0.1, -0.05) is 48.5 Å². The fourth-order valence-electron chi connectivity index (χ4n) is 2.15. The number of likely N-dealkylation sites (N-methyl/N-ethyl adjacent to an activating group) is 1. The second-order valence-electron chi connectivity index (χ2n) is 5.14. The highest BCUT2D eigenvalue weighted by atomic mass is 32.2. The number of benzene rings is 2. The summed E-state index contributed by atoms with van der Waals surface area (Å²) in [6.07, 6.45) is 2.20. The lowest BCUT2D eigenvalue weighted by atomic mass is 10.1. The molecule has 0 bridgehead atoms. The number of methoxy groups -OCH3 is 1. The molecule has 0 saturated heterocycles. The molecule has 5 heteroatoms. The third kappa shape index (κ3) is 4.94. The maximum absolute atomic E-state index is 12.3. The summed E-state index contributed by atoms with van der Waals surface area (Å²) in [6, 6.07) is 17.0. The third-order valence-corrected chi connectivity index (χ3v) is 5.09. The number of sulfonamides is 1. The zero-order chi connectivity index (χ0) is 16.7. The Kier molecular flexibility index (Phi) is 5.96. The molecule has 0 aliphatic carbocycles. The number of rotatable bonds is 7. The van der Waals surface area contributed by atoms with Gasteiger partial charge in [0.25, 0.3) is 0 Å². The van der Waals surface area contributed by atoms with Crippen molar-refractivity contribution in [2.45, 2.75) is 6.42 Å². The van der Waals surface area contributed by atoms with Crippen molar-refractivity contribution >= 4 is 16.1 Å². The van der Waals surface area contributed by atoms with E-state index in [4.69, 9.17) is 4.74 Å². The summed E-state index contributed by atoms with van der Waals surface area (Å²) in [5.74, 6) is 0.776. The minimum atomic E-state index is -3.44. The van der Waals surface area contributed by atoms with Gasteiger partial charge in [0.2, 0.25) is 10.0 Å². The van der Waals surface area contributed by atoms with Crippen molar-refractivity contribution in [1.29, 1.82) is 0 Å². The molecular weight excluding hydrogens is 310 g/mol. The van der Waals surface area contributed by atoms with E-state index in [0.29, 0.717) is 13.0 Å². The molecule has 0 atom stereocenters. The lowest BCUT2D eigenvalue weighted by Gasteiger charge is -2.15. The van der Waals surface area contributed by atoms with Crippen LogP contribution in [-0.4, -0.2) is 33.4 Å². The van der Waals surface area contributed by atoms with E-state index in [1.165, 1.54) is 9.71 Å². The summed E-state index contributed by atoms with van der Waals surface area (Å²) in [4.78, 5) is 0. The van der Waals surface area contributed by atoms with Crippen LogP contribution in [0.2, 0.25) is 0 Å². The molecule has 0 radical (unpaired) electrons. The first kappa shape index (κ1) is 17.2. The Hall–Kier alpha value is -2.11. The van der Waals surface area contributed by atoms with Gasteiger partial charge in [-0.25, -0.2) is 12.7 Å². The summed E-state index contributed by atoms with van der Waals surface area (Å²) >= 11 is 0. The highest BCUT2D eigenvalue weighted by Gasteiger charge is 2.14. The van der Waals surface area contributed by atoms with Crippen LogP contribution < -0.4 is 4.74 Å². The average Bonchev–Trinajstić information content (AvgIpc) is 2.59. The van der Waals surface area contributed by atoms with Gasteiger partial charge in [-0.05, 0) is 29.7 Å². The van der Waals surface area contributed by atoms with Gasteiger partial charge < -0.3 is 4.74 Å². The van der Waals surface area contributed by atoms with Crippen LogP contribution in [0.5, 0.6) is 5.75 Å². The maximum atomic E-state index is 12.3. The molecule has 0 aliphatic rings. The van der Waals surface area contributed by atoms with Crippen molar-refractivity contribution in [3.05, 3.63) is 71.1 Å². The van der Waals surface area contributed by atoms with Gasteiger partial charge in [0, 0.05) is 19.0 Å². The van der Waals surface area contributed by atoms with Gasteiger partial charge in [-0.15, -0.1) is 0 Å². The van der Waals surface area contributed by atoms with Crippen molar-refractivity contribution in [3.8, 4) is 5.75 Å². The molecule has 0 fully saturated rings. The van der Waals surface area contributed by atoms with E-state index in [1.807, 2.05) is 54.6 Å². The summed E-state index contributed by atoms with van der Waals surface area (Å²) in [7, 11) is -0.240. The van der Waals surface area contributed by atoms with Gasteiger partial charge in [-0.2, -0.15) is 0 Å². The fourth-order valence-corrected chi connectivity index (χ4v) is 3.03. The topological polar surface area (TPSA) is 46.6 Å². The van der Waals surface area contributed by atoms with Crippen LogP contribution in [0, 0.1) is 0 Å². The predicted molar refractivity (Wildman–Crippen MR) is 93.7 cm³/mol. The van der Waals surface area contributed by atoms with Gasteiger partial charge in [0.1, 0.15) is 5.75 Å². The minimum absolute atomic E-state index is 0.391. The number of hydrogen-bond acceptors (Lipinski definition) is 3. The Morgan fingerprint density at radius 1 is 1.04 bits per heavy atom. The summed E-state index contributed by atoms with van der Waals surface area (Å²) in [5, 5.41) is 1.24. The quantitative estimate of drug-likeness (QED) is 0.783. The molecule has 0 saturated carbocycles. The van der Waals surface area contributed by atoms with Crippen molar-refractivity contribution in [1.82, 2.24) is 4.31 Å². The molecule has 0 heterocycles. The number of nitrogens with zero attached hydrogens (tertiary/aromatic N) is 1. The van der Waals surface area contributed by atoms with Crippen LogP contribution in [0.3, 0.4) is 0 Å². The van der Waals surface area contributed by atoms with E-state index in [1.54, 1.807) is 20.2 Å². The Morgan fingerprint density at radius 3 is 2.39 bits per heavy atom. The summed E-state index contributed by atoms with van der Waals surface area (Å²) in [6.45, 7) is 0.391. The van der Waals surface area contributed by atoms with Gasteiger partial charge in [-0.3, -0.25) is 0 Å². The number of para-hydroxylation sites is 1. The molecule has 23 heavy (non-hydrogen) atoms. The van der Waals surface area contributed by atoms with Crippen molar-refractivity contribution in [2.24, 2.45) is 0 Å². The third-order valence-electron chi connectivity index (χ3n) is 3.56. The number of ether oxygens (including phenoxy) is 1. The molecule has 0 unspecified atom stereocenters. The normalized spacial score (nSPS) is 12.0. The zero-order valence-corrected chi connectivity index (χ0v) is 14.2. The molecule has 2 rings (SSSR count). The van der Waals surface area contributed by atoms with Crippen molar-refractivity contribution in [2.75, 3.05) is 20.7 Å². The molecule has 0 N–H and O–H groups in total. The lowest BCUT2D eigenvalue weighted by molar-refractivity contribution is 0.406. The first-order valence-corrected chi connectivity index (χ1v) is 8.84. The van der Waals surface area contributed by atoms with E-state index in [0.717, 1.165) is 16.9 Å². The molecule has 0 aliphatic heterocycles. The Bertz CT molecular complexity index is 755.